The number of nitrogens with zero attached hydrogens (tertiary/aromatic N) is 1. The molecule has 2 fully saturated rings. The molecule has 11 N–H and O–H groups in total. The van der Waals surface area contributed by atoms with E-state index in [2.05, 4.69) is 31.6 Å². The van der Waals surface area contributed by atoms with Crippen LogP contribution in [-0.2, 0) is 44.8 Å². The quantitative estimate of drug-likeness (QED) is 0.105. The first-order chi connectivity index (χ1) is 25.9. The molecule has 0 radical (unpaired) electrons. The van der Waals surface area contributed by atoms with Gasteiger partial charge in [-0.05, 0) is 50.3 Å². The number of primary amides is 1. The SMILES string of the molecule is NCCCC[C@@H]1NC(=O)CCSSC[C@@H](C(N)=O)NC(=O)[C@@H]2CCCN2C(=O)[C@H](Cc2c[nH]c3ccccc23)NC(=O)[C@H](CC(=O)O)NC(=O)CNC1=O. The molecule has 4 rings (SSSR count). The first-order valence-electron chi connectivity index (χ1n) is 17.7. The number of nitrogens with two attached hydrogens (primary N) is 2. The number of hydrogen-bond donors (Lipinski definition) is 9. The molecule has 0 aliphatic carbocycles. The Balaban J connectivity index is 1.64. The van der Waals surface area contributed by atoms with Gasteiger partial charge in [0.1, 0.15) is 30.2 Å². The number of aliphatic carboxylic acids is 1. The van der Waals surface area contributed by atoms with Gasteiger partial charge in [0.2, 0.25) is 41.4 Å². The Morgan fingerprint density at radius 1 is 0.889 bits per heavy atom. The van der Waals surface area contributed by atoms with Gasteiger partial charge < -0.3 is 53.0 Å². The summed E-state index contributed by atoms with van der Waals surface area (Å²) in [5, 5.41) is 23.1. The maximum atomic E-state index is 14.3. The Hall–Kier alpha value is -4.82. The van der Waals surface area contributed by atoms with Crippen LogP contribution in [0.1, 0.15) is 50.5 Å². The molecule has 0 saturated carbocycles. The third-order valence-corrected chi connectivity index (χ3v) is 11.4. The highest BCUT2D eigenvalue weighted by Gasteiger charge is 2.40. The zero-order valence-corrected chi connectivity index (χ0v) is 31.2. The highest BCUT2D eigenvalue weighted by Crippen LogP contribution is 2.25. The fourth-order valence-corrected chi connectivity index (χ4v) is 8.38. The Labute approximate surface area is 319 Å². The number of benzene rings is 1. The zero-order chi connectivity index (χ0) is 39.2. The number of amides is 7. The molecule has 18 nitrogen and oxygen atoms in total. The van der Waals surface area contributed by atoms with Gasteiger partial charge in [-0.1, -0.05) is 39.8 Å². The zero-order valence-electron chi connectivity index (χ0n) is 29.6. The van der Waals surface area contributed by atoms with Crippen LogP contribution < -0.4 is 38.1 Å². The van der Waals surface area contributed by atoms with E-state index in [1.54, 1.807) is 12.3 Å². The topological polar surface area (TPSA) is 288 Å². The Morgan fingerprint density at radius 3 is 2.39 bits per heavy atom. The monoisotopic (exact) mass is 789 g/mol. The predicted octanol–water partition coefficient (Wildman–Crippen LogP) is -1.37. The molecule has 20 heteroatoms. The number of unbranched alkanes of at least 4 members (excludes halogenated alkanes) is 1. The molecule has 0 bridgehead atoms. The number of nitrogens with one attached hydrogen (secondary N) is 6. The molecule has 2 aromatic rings. The lowest BCUT2D eigenvalue weighted by Crippen LogP contribution is -2.59. The number of para-hydroxylation sites is 1. The number of fused-ring (bicyclic) bond motifs is 2. The summed E-state index contributed by atoms with van der Waals surface area (Å²) < 4.78 is 0. The largest absolute Gasteiger partial charge is 0.481 e. The van der Waals surface area contributed by atoms with Crippen molar-refractivity contribution < 1.29 is 43.5 Å². The fourth-order valence-electron chi connectivity index (χ4n) is 6.22. The molecular formula is C34H47N9O9S2. The van der Waals surface area contributed by atoms with E-state index in [4.69, 9.17) is 11.5 Å². The molecule has 0 unspecified atom stereocenters. The maximum Gasteiger partial charge on any atom is 0.305 e. The van der Waals surface area contributed by atoms with E-state index in [0.717, 1.165) is 10.9 Å². The van der Waals surface area contributed by atoms with Crippen molar-refractivity contribution in [2.24, 2.45) is 11.5 Å². The molecule has 2 aliphatic rings. The number of carbonyl (C=O) groups excluding carboxylic acids is 7. The first kappa shape index (κ1) is 41.9. The van der Waals surface area contributed by atoms with Crippen molar-refractivity contribution in [3.63, 3.8) is 0 Å². The van der Waals surface area contributed by atoms with Crippen LogP contribution in [0.2, 0.25) is 0 Å². The number of aromatic amines is 1. The summed E-state index contributed by atoms with van der Waals surface area (Å²) in [6.45, 7) is -0.111. The molecule has 7 amide bonds. The van der Waals surface area contributed by atoms with Gasteiger partial charge in [0.25, 0.3) is 0 Å². The molecule has 1 aromatic heterocycles. The summed E-state index contributed by atoms with van der Waals surface area (Å²) >= 11 is 0. The summed E-state index contributed by atoms with van der Waals surface area (Å²) in [6.07, 6.45) is 2.81. The second-order valence-corrected chi connectivity index (χ2v) is 15.6. The molecule has 0 spiro atoms. The van der Waals surface area contributed by atoms with Crippen molar-refractivity contribution in [2.75, 3.05) is 31.1 Å². The highest BCUT2D eigenvalue weighted by molar-refractivity contribution is 8.76. The van der Waals surface area contributed by atoms with E-state index in [-0.39, 0.29) is 38.0 Å². The van der Waals surface area contributed by atoms with Gasteiger partial charge in [0, 0.05) is 48.0 Å². The molecule has 5 atom stereocenters. The van der Waals surface area contributed by atoms with Crippen LogP contribution in [0.4, 0.5) is 0 Å². The van der Waals surface area contributed by atoms with Gasteiger partial charge in [0.05, 0.1) is 13.0 Å². The van der Waals surface area contributed by atoms with Gasteiger partial charge >= 0.3 is 5.97 Å². The van der Waals surface area contributed by atoms with E-state index < -0.39 is 90.5 Å². The van der Waals surface area contributed by atoms with E-state index in [0.29, 0.717) is 37.1 Å². The lowest BCUT2D eigenvalue weighted by molar-refractivity contribution is -0.143. The van der Waals surface area contributed by atoms with Crippen LogP contribution in [0.15, 0.2) is 30.5 Å². The van der Waals surface area contributed by atoms with Crippen LogP contribution in [-0.4, -0.2) is 124 Å². The van der Waals surface area contributed by atoms with Crippen LogP contribution in [0.3, 0.4) is 0 Å². The Bertz CT molecular complexity index is 1710. The van der Waals surface area contributed by atoms with Crippen molar-refractivity contribution in [3.8, 4) is 0 Å². The lowest BCUT2D eigenvalue weighted by atomic mass is 10.0. The summed E-state index contributed by atoms with van der Waals surface area (Å²) in [6, 6.07) is 1.22. The van der Waals surface area contributed by atoms with Crippen molar-refractivity contribution in [1.29, 1.82) is 0 Å². The number of rotatable bonds is 9. The molecule has 294 valence electrons. The molecule has 1 aromatic carbocycles. The average Bonchev–Trinajstić information content (AvgIpc) is 3.79. The normalized spacial score (nSPS) is 24.5. The van der Waals surface area contributed by atoms with Crippen molar-refractivity contribution in [3.05, 3.63) is 36.0 Å². The molecule has 54 heavy (non-hydrogen) atoms. The highest BCUT2D eigenvalue weighted by atomic mass is 33.1. The summed E-state index contributed by atoms with van der Waals surface area (Å²) in [5.74, 6) is -6.06. The minimum Gasteiger partial charge on any atom is -0.481 e. The number of carboxylic acids is 1. The Morgan fingerprint density at radius 2 is 1.65 bits per heavy atom. The lowest BCUT2D eigenvalue weighted by Gasteiger charge is -2.30. The van der Waals surface area contributed by atoms with Gasteiger partial charge in [-0.25, -0.2) is 0 Å². The standard InChI is InChI=1S/C34H47N9O9S2/c35-11-4-3-8-22-31(49)38-17-28(45)40-23(15-29(46)47)32(50)41-24(14-19-16-37-21-7-2-1-6-20(19)21)34(52)43-12-5-9-26(43)33(51)42-25(30(36)48)18-54-53-13-10-27(44)39-22/h1-2,6-7,16,22-26,37H,3-5,8-15,17-18,35H2,(H2,36,48)(H,38,49)(H,39,44)(H,40,45)(H,41,50)(H,42,51)(H,46,47)/t22-,23-,24-,25-,26-/m0/s1. The fraction of sp³-hybridized carbons (Fsp3) is 0.529. The molecule has 2 aliphatic heterocycles. The summed E-state index contributed by atoms with van der Waals surface area (Å²) in [5.41, 5.74) is 12.6. The minimum atomic E-state index is -1.66. The van der Waals surface area contributed by atoms with Gasteiger partial charge in [0.15, 0.2) is 0 Å². The summed E-state index contributed by atoms with van der Waals surface area (Å²) in [4.78, 5) is 109. The number of H-pyrrole nitrogens is 1. The van der Waals surface area contributed by atoms with E-state index in [1.165, 1.54) is 26.5 Å². The maximum absolute atomic E-state index is 14.3. The number of carboxylic acid groups (broad SMARTS) is 1. The Kier molecular flexibility index (Phi) is 16.0. The molecular weight excluding hydrogens is 743 g/mol. The van der Waals surface area contributed by atoms with Gasteiger partial charge in [-0.15, -0.1) is 0 Å². The van der Waals surface area contributed by atoms with E-state index in [1.807, 2.05) is 18.2 Å². The minimum absolute atomic E-state index is 0.0112. The van der Waals surface area contributed by atoms with Crippen molar-refractivity contribution in [2.45, 2.75) is 81.6 Å². The van der Waals surface area contributed by atoms with Crippen LogP contribution in [0.5, 0.6) is 0 Å². The van der Waals surface area contributed by atoms with Gasteiger partial charge in [-0.2, -0.15) is 0 Å². The summed E-state index contributed by atoms with van der Waals surface area (Å²) in [7, 11) is 2.48. The number of hydrogen-bond acceptors (Lipinski definition) is 11. The number of carbonyl (C=O) groups is 8. The van der Waals surface area contributed by atoms with E-state index in [9.17, 15) is 43.5 Å². The second-order valence-electron chi connectivity index (χ2n) is 13.0. The van der Waals surface area contributed by atoms with Crippen LogP contribution >= 0.6 is 21.6 Å². The number of aromatic nitrogens is 1. The van der Waals surface area contributed by atoms with Crippen LogP contribution in [0.25, 0.3) is 10.9 Å². The molecule has 2 saturated heterocycles. The second kappa shape index (κ2) is 20.6. The van der Waals surface area contributed by atoms with Crippen molar-refractivity contribution in [1.82, 2.24) is 36.5 Å². The van der Waals surface area contributed by atoms with E-state index >= 15 is 0 Å². The third kappa shape index (κ3) is 12.1. The molecule has 3 heterocycles. The average molecular weight is 790 g/mol. The van der Waals surface area contributed by atoms with Gasteiger partial charge in [-0.3, -0.25) is 38.4 Å². The smallest absolute Gasteiger partial charge is 0.305 e. The van der Waals surface area contributed by atoms with Crippen LogP contribution in [0, 0.1) is 0 Å². The van der Waals surface area contributed by atoms with Crippen molar-refractivity contribution >= 4 is 79.8 Å². The first-order valence-corrected chi connectivity index (χ1v) is 20.1. The predicted molar refractivity (Wildman–Crippen MR) is 201 cm³/mol. The third-order valence-electron chi connectivity index (χ3n) is 8.99.